The number of nitrogens with zero attached hydrogens (tertiary/aromatic N) is 2. The van der Waals surface area contributed by atoms with E-state index in [1.165, 1.54) is 44.2 Å². The Morgan fingerprint density at radius 1 is 1.42 bits per heavy atom. The predicted octanol–water partition coefficient (Wildman–Crippen LogP) is 3.68. The van der Waals surface area contributed by atoms with E-state index < -0.39 is 0 Å². The molecular weight excluding hydrogens is 234 g/mol. The van der Waals surface area contributed by atoms with E-state index in [1.54, 1.807) is 0 Å². The van der Waals surface area contributed by atoms with Crippen LogP contribution in [0.5, 0.6) is 0 Å². The zero-order chi connectivity index (χ0) is 13.7. The Balaban J connectivity index is 2.08. The number of nitrogens with one attached hydrogen (secondary N) is 1. The van der Waals surface area contributed by atoms with Crippen LogP contribution in [0.25, 0.3) is 0 Å². The highest BCUT2D eigenvalue weighted by Crippen LogP contribution is 2.37. The minimum atomic E-state index is 0.454. The van der Waals surface area contributed by atoms with Crippen molar-refractivity contribution in [1.82, 2.24) is 14.9 Å². The average molecular weight is 263 g/mol. The predicted molar refractivity (Wildman–Crippen MR) is 80.0 cm³/mol. The molecule has 1 aliphatic carbocycles. The summed E-state index contributed by atoms with van der Waals surface area (Å²) in [4.78, 5) is 4.60. The number of rotatable bonds is 6. The van der Waals surface area contributed by atoms with Crippen molar-refractivity contribution in [1.29, 1.82) is 0 Å². The maximum atomic E-state index is 4.60. The van der Waals surface area contributed by atoms with Crippen LogP contribution in [0.3, 0.4) is 0 Å². The van der Waals surface area contributed by atoms with E-state index in [9.17, 15) is 0 Å². The molecule has 1 N–H and O–H groups in total. The van der Waals surface area contributed by atoms with Crippen molar-refractivity contribution in [3.8, 4) is 0 Å². The van der Waals surface area contributed by atoms with E-state index in [2.05, 4.69) is 42.0 Å². The van der Waals surface area contributed by atoms with Crippen LogP contribution in [0.2, 0.25) is 0 Å². The first-order chi connectivity index (χ1) is 9.24. The Morgan fingerprint density at radius 3 is 2.89 bits per heavy atom. The summed E-state index contributed by atoms with van der Waals surface area (Å²) in [6, 6.07) is 0.454. The first kappa shape index (κ1) is 14.6. The van der Waals surface area contributed by atoms with E-state index in [-0.39, 0.29) is 0 Å². The van der Waals surface area contributed by atoms with Crippen molar-refractivity contribution in [2.45, 2.75) is 58.4 Å². The lowest BCUT2D eigenvalue weighted by Crippen LogP contribution is -2.32. The number of hydrogen-bond donors (Lipinski definition) is 1. The fourth-order valence-electron chi connectivity index (χ4n) is 3.41. The molecule has 0 aliphatic heterocycles. The van der Waals surface area contributed by atoms with Crippen molar-refractivity contribution in [3.05, 3.63) is 18.2 Å². The molecule has 1 heterocycles. The molecule has 3 nitrogen and oxygen atoms in total. The van der Waals surface area contributed by atoms with E-state index in [0.29, 0.717) is 6.04 Å². The molecule has 3 atom stereocenters. The maximum Gasteiger partial charge on any atom is 0.0947 e. The molecule has 1 aliphatic rings. The van der Waals surface area contributed by atoms with Gasteiger partial charge in [-0.25, -0.2) is 4.98 Å². The largest absolute Gasteiger partial charge is 0.340 e. The van der Waals surface area contributed by atoms with E-state index >= 15 is 0 Å². The minimum absolute atomic E-state index is 0.454. The molecular formula is C16H29N3. The van der Waals surface area contributed by atoms with Gasteiger partial charge in [0.2, 0.25) is 0 Å². The van der Waals surface area contributed by atoms with Crippen LogP contribution in [0, 0.1) is 11.8 Å². The van der Waals surface area contributed by atoms with Gasteiger partial charge in [0.15, 0.2) is 0 Å². The topological polar surface area (TPSA) is 29.9 Å². The molecule has 1 fully saturated rings. The Hall–Kier alpha value is -0.830. The fraction of sp³-hybridized carbons (Fsp3) is 0.812. The van der Waals surface area contributed by atoms with Crippen molar-refractivity contribution in [2.24, 2.45) is 18.9 Å². The third-order valence-corrected chi connectivity index (χ3v) is 4.53. The summed E-state index contributed by atoms with van der Waals surface area (Å²) in [5.41, 5.74) is 1.23. The highest BCUT2D eigenvalue weighted by atomic mass is 15.0. The Morgan fingerprint density at radius 2 is 2.26 bits per heavy atom. The highest BCUT2D eigenvalue weighted by Gasteiger charge is 2.29. The zero-order valence-corrected chi connectivity index (χ0v) is 12.7. The van der Waals surface area contributed by atoms with Crippen LogP contribution >= 0.6 is 0 Å². The summed E-state index contributed by atoms with van der Waals surface area (Å²) in [7, 11) is 2.06. The SMILES string of the molecule is CCCNC(c1cn(C)cn1)C1CCCC(CC)C1. The van der Waals surface area contributed by atoms with Gasteiger partial charge in [-0.15, -0.1) is 0 Å². The first-order valence-corrected chi connectivity index (χ1v) is 7.95. The number of aromatic nitrogens is 2. The molecule has 0 amide bonds. The van der Waals surface area contributed by atoms with Crippen molar-refractivity contribution in [3.63, 3.8) is 0 Å². The Bertz CT molecular complexity index is 372. The normalized spacial score (nSPS) is 25.4. The lowest BCUT2D eigenvalue weighted by Gasteiger charge is -2.34. The number of imidazole rings is 1. The molecule has 19 heavy (non-hydrogen) atoms. The molecule has 1 aromatic heterocycles. The van der Waals surface area contributed by atoms with Crippen molar-refractivity contribution >= 4 is 0 Å². The van der Waals surface area contributed by atoms with Gasteiger partial charge in [0.1, 0.15) is 0 Å². The van der Waals surface area contributed by atoms with Gasteiger partial charge in [-0.1, -0.05) is 33.1 Å². The molecule has 0 saturated heterocycles. The molecule has 1 aromatic rings. The van der Waals surface area contributed by atoms with Gasteiger partial charge in [0.25, 0.3) is 0 Å². The van der Waals surface area contributed by atoms with E-state index in [1.807, 2.05) is 6.33 Å². The van der Waals surface area contributed by atoms with Crippen molar-refractivity contribution < 1.29 is 0 Å². The second-order valence-electron chi connectivity index (χ2n) is 6.10. The van der Waals surface area contributed by atoms with Gasteiger partial charge in [-0.2, -0.15) is 0 Å². The molecule has 3 unspecified atom stereocenters. The molecule has 1 saturated carbocycles. The standard InChI is InChI=1S/C16H29N3/c1-4-9-17-16(15-11-19(3)12-18-15)14-8-6-7-13(5-2)10-14/h11-14,16-17H,4-10H2,1-3H3. The molecule has 0 bridgehead atoms. The average Bonchev–Trinajstić information content (AvgIpc) is 2.86. The van der Waals surface area contributed by atoms with Crippen LogP contribution in [-0.4, -0.2) is 16.1 Å². The lowest BCUT2D eigenvalue weighted by molar-refractivity contribution is 0.207. The van der Waals surface area contributed by atoms with E-state index in [4.69, 9.17) is 0 Å². The van der Waals surface area contributed by atoms with Crippen LogP contribution in [0.1, 0.15) is 64.1 Å². The summed E-state index contributed by atoms with van der Waals surface area (Å²) in [5.74, 6) is 1.69. The Kier molecular flexibility index (Phi) is 5.44. The molecule has 0 radical (unpaired) electrons. The summed E-state index contributed by atoms with van der Waals surface area (Å²) < 4.78 is 2.07. The van der Waals surface area contributed by atoms with Crippen LogP contribution in [-0.2, 0) is 7.05 Å². The minimum Gasteiger partial charge on any atom is -0.340 e. The van der Waals surface area contributed by atoms with Crippen LogP contribution in [0.15, 0.2) is 12.5 Å². The van der Waals surface area contributed by atoms with Gasteiger partial charge < -0.3 is 9.88 Å². The quantitative estimate of drug-likeness (QED) is 0.848. The monoisotopic (exact) mass is 263 g/mol. The highest BCUT2D eigenvalue weighted by molar-refractivity contribution is 5.06. The third kappa shape index (κ3) is 3.82. The summed E-state index contributed by atoms with van der Waals surface area (Å²) in [5, 5.41) is 3.74. The van der Waals surface area contributed by atoms with Gasteiger partial charge in [0, 0.05) is 13.2 Å². The molecule has 3 heteroatoms. The Labute approximate surface area is 117 Å². The van der Waals surface area contributed by atoms with Gasteiger partial charge >= 0.3 is 0 Å². The zero-order valence-electron chi connectivity index (χ0n) is 12.7. The van der Waals surface area contributed by atoms with Crippen LogP contribution in [0.4, 0.5) is 0 Å². The second kappa shape index (κ2) is 7.09. The van der Waals surface area contributed by atoms with Crippen LogP contribution < -0.4 is 5.32 Å². The summed E-state index contributed by atoms with van der Waals surface area (Å²) >= 11 is 0. The number of hydrogen-bond acceptors (Lipinski definition) is 2. The van der Waals surface area contributed by atoms with Crippen molar-refractivity contribution in [2.75, 3.05) is 6.54 Å². The molecule has 0 spiro atoms. The first-order valence-electron chi connectivity index (χ1n) is 7.95. The summed E-state index contributed by atoms with van der Waals surface area (Å²) in [6.07, 6.45) is 12.2. The molecule has 2 rings (SSSR count). The van der Waals surface area contributed by atoms with E-state index in [0.717, 1.165) is 18.4 Å². The van der Waals surface area contributed by atoms with Gasteiger partial charge in [-0.3, -0.25) is 0 Å². The molecule has 0 aromatic carbocycles. The fourth-order valence-corrected chi connectivity index (χ4v) is 3.41. The lowest BCUT2D eigenvalue weighted by atomic mass is 9.76. The summed E-state index contributed by atoms with van der Waals surface area (Å²) in [6.45, 7) is 5.66. The third-order valence-electron chi connectivity index (χ3n) is 4.53. The maximum absolute atomic E-state index is 4.60. The van der Waals surface area contributed by atoms with Gasteiger partial charge in [-0.05, 0) is 37.6 Å². The second-order valence-corrected chi connectivity index (χ2v) is 6.10. The molecule has 108 valence electrons. The smallest absolute Gasteiger partial charge is 0.0947 e. The van der Waals surface area contributed by atoms with Gasteiger partial charge in [0.05, 0.1) is 18.1 Å². The number of aryl methyl sites for hydroxylation is 1.